The minimum Gasteiger partial charge on any atom is -0.423 e. The van der Waals surface area contributed by atoms with Crippen molar-refractivity contribution in [2.75, 3.05) is 44.3 Å². The highest BCUT2D eigenvalue weighted by Crippen LogP contribution is 2.31. The van der Waals surface area contributed by atoms with E-state index in [1.807, 2.05) is 0 Å². The molecule has 1 aromatic carbocycles. The van der Waals surface area contributed by atoms with Crippen LogP contribution in [0.1, 0.15) is 29.7 Å². The molecule has 2 aliphatic rings. The highest BCUT2D eigenvalue weighted by molar-refractivity contribution is 5.48. The van der Waals surface area contributed by atoms with E-state index in [0.717, 1.165) is 57.0 Å². The molecule has 1 unspecified atom stereocenters. The van der Waals surface area contributed by atoms with Gasteiger partial charge in [0.05, 0.1) is 24.6 Å². The molecule has 3 heterocycles. The average molecular weight is 382 g/mol. The summed E-state index contributed by atoms with van der Waals surface area (Å²) in [6.45, 7) is 4.99. The van der Waals surface area contributed by atoms with Gasteiger partial charge in [-0.3, -0.25) is 4.90 Å². The van der Waals surface area contributed by atoms with E-state index >= 15 is 0 Å². The molecule has 0 saturated carbocycles. The van der Waals surface area contributed by atoms with E-state index in [1.165, 1.54) is 12.1 Å². The second kappa shape index (κ2) is 7.47. The van der Waals surface area contributed by atoms with Gasteiger partial charge in [0.1, 0.15) is 0 Å². The maximum Gasteiger partial charge on any atom is 0.416 e. The van der Waals surface area contributed by atoms with Crippen molar-refractivity contribution in [2.45, 2.75) is 25.1 Å². The summed E-state index contributed by atoms with van der Waals surface area (Å²) in [5, 5.41) is 8.26. The molecule has 0 amide bonds. The van der Waals surface area contributed by atoms with Crippen molar-refractivity contribution in [3.8, 4) is 0 Å². The van der Waals surface area contributed by atoms with Crippen LogP contribution in [0.4, 0.5) is 18.9 Å². The minimum absolute atomic E-state index is 0.197. The summed E-state index contributed by atoms with van der Waals surface area (Å²) in [7, 11) is 0. The molecule has 0 aliphatic carbocycles. The van der Waals surface area contributed by atoms with Gasteiger partial charge in [-0.1, -0.05) is 0 Å². The number of rotatable bonds is 4. The molecule has 2 aromatic rings. The van der Waals surface area contributed by atoms with Crippen LogP contribution in [0.15, 0.2) is 28.7 Å². The van der Waals surface area contributed by atoms with Gasteiger partial charge in [0.2, 0.25) is 11.8 Å². The summed E-state index contributed by atoms with van der Waals surface area (Å²) in [6, 6.07) is 5.34. The Morgan fingerprint density at radius 1 is 1.04 bits per heavy atom. The smallest absolute Gasteiger partial charge is 0.416 e. The van der Waals surface area contributed by atoms with Gasteiger partial charge in [-0.15, -0.1) is 10.2 Å². The van der Waals surface area contributed by atoms with Crippen molar-refractivity contribution in [3.05, 3.63) is 41.6 Å². The van der Waals surface area contributed by atoms with E-state index < -0.39 is 11.7 Å². The van der Waals surface area contributed by atoms with Crippen molar-refractivity contribution in [2.24, 2.45) is 0 Å². The lowest BCUT2D eigenvalue weighted by Gasteiger charge is -2.35. The number of alkyl halides is 3. The van der Waals surface area contributed by atoms with Crippen LogP contribution in [0.3, 0.4) is 0 Å². The lowest BCUT2D eigenvalue weighted by atomic mass is 10.1. The molecule has 2 aliphatic heterocycles. The molecule has 1 aromatic heterocycles. The molecule has 1 atom stereocenters. The molecule has 9 heteroatoms. The van der Waals surface area contributed by atoms with E-state index in [1.54, 1.807) is 0 Å². The molecular weight excluding hydrogens is 361 g/mol. The van der Waals surface area contributed by atoms with Gasteiger partial charge in [0.25, 0.3) is 0 Å². The molecule has 4 rings (SSSR count). The van der Waals surface area contributed by atoms with Crippen LogP contribution in [0.2, 0.25) is 0 Å². The van der Waals surface area contributed by atoms with Crippen LogP contribution < -0.4 is 4.90 Å². The molecule has 6 nitrogen and oxygen atoms in total. The third kappa shape index (κ3) is 4.24. The minimum atomic E-state index is -4.30. The zero-order chi connectivity index (χ0) is 18.9. The van der Waals surface area contributed by atoms with E-state index in [4.69, 9.17) is 9.15 Å². The number of aromatic nitrogens is 2. The maximum atomic E-state index is 12.7. The number of benzene rings is 1. The van der Waals surface area contributed by atoms with Gasteiger partial charge in [0, 0.05) is 38.5 Å². The average Bonchev–Trinajstić information content (AvgIpc) is 3.33. The number of piperazine rings is 1. The summed E-state index contributed by atoms with van der Waals surface area (Å²) in [6.07, 6.45) is -3.39. The van der Waals surface area contributed by atoms with Crippen LogP contribution in [-0.2, 0) is 17.5 Å². The standard InChI is InChI=1S/C18H21F3N4O2/c19-18(20,21)14-1-3-15(4-2-14)25-8-6-24(7-9-25)11-16-22-23-17(27-16)13-5-10-26-12-13/h1-4,13H,5-12H2. The first kappa shape index (κ1) is 18.2. The Hall–Kier alpha value is -2.13. The van der Waals surface area contributed by atoms with E-state index in [9.17, 15) is 13.2 Å². The summed E-state index contributed by atoms with van der Waals surface area (Å²) in [5.41, 5.74) is 0.189. The fraction of sp³-hybridized carbons (Fsp3) is 0.556. The Morgan fingerprint density at radius 2 is 1.78 bits per heavy atom. The predicted molar refractivity (Wildman–Crippen MR) is 91.4 cm³/mol. The highest BCUT2D eigenvalue weighted by atomic mass is 19.4. The van der Waals surface area contributed by atoms with Gasteiger partial charge in [-0.05, 0) is 30.7 Å². The van der Waals surface area contributed by atoms with Crippen LogP contribution >= 0.6 is 0 Å². The van der Waals surface area contributed by atoms with Crippen LogP contribution in [0, 0.1) is 0 Å². The van der Waals surface area contributed by atoms with Gasteiger partial charge in [-0.25, -0.2) is 0 Å². The van der Waals surface area contributed by atoms with Crippen LogP contribution in [-0.4, -0.2) is 54.5 Å². The Kier molecular flexibility index (Phi) is 5.05. The number of nitrogens with zero attached hydrogens (tertiary/aromatic N) is 4. The maximum absolute atomic E-state index is 12.7. The second-order valence-electron chi connectivity index (χ2n) is 6.90. The summed E-state index contributed by atoms with van der Waals surface area (Å²) in [4.78, 5) is 4.30. The molecule has 0 radical (unpaired) electrons. The van der Waals surface area contributed by atoms with Crippen LogP contribution in [0.5, 0.6) is 0 Å². The zero-order valence-electron chi connectivity index (χ0n) is 14.8. The van der Waals surface area contributed by atoms with Crippen molar-refractivity contribution in [3.63, 3.8) is 0 Å². The Balaban J connectivity index is 1.30. The number of ether oxygens (including phenoxy) is 1. The van der Waals surface area contributed by atoms with Crippen molar-refractivity contribution in [1.29, 1.82) is 0 Å². The second-order valence-corrected chi connectivity index (χ2v) is 6.90. The van der Waals surface area contributed by atoms with Crippen molar-refractivity contribution >= 4 is 5.69 Å². The molecule has 27 heavy (non-hydrogen) atoms. The Morgan fingerprint density at radius 3 is 2.41 bits per heavy atom. The number of hydrogen-bond acceptors (Lipinski definition) is 6. The van der Waals surface area contributed by atoms with E-state index in [-0.39, 0.29) is 5.92 Å². The highest BCUT2D eigenvalue weighted by Gasteiger charge is 2.30. The van der Waals surface area contributed by atoms with Crippen molar-refractivity contribution < 1.29 is 22.3 Å². The summed E-state index contributed by atoms with van der Waals surface area (Å²) in [5.74, 6) is 1.44. The lowest BCUT2D eigenvalue weighted by Crippen LogP contribution is -2.46. The van der Waals surface area contributed by atoms with Gasteiger partial charge in [0.15, 0.2) is 0 Å². The number of anilines is 1. The summed E-state index contributed by atoms with van der Waals surface area (Å²) < 4.78 is 49.1. The number of hydrogen-bond donors (Lipinski definition) is 0. The molecular formula is C18H21F3N4O2. The number of halogens is 3. The Labute approximate surface area is 154 Å². The first-order valence-electron chi connectivity index (χ1n) is 9.03. The van der Waals surface area contributed by atoms with E-state index in [2.05, 4.69) is 20.0 Å². The van der Waals surface area contributed by atoms with Crippen molar-refractivity contribution in [1.82, 2.24) is 15.1 Å². The molecule has 0 N–H and O–H groups in total. The molecule has 146 valence electrons. The molecule has 0 bridgehead atoms. The summed E-state index contributed by atoms with van der Waals surface area (Å²) >= 11 is 0. The quantitative estimate of drug-likeness (QED) is 0.811. The third-order valence-electron chi connectivity index (χ3n) is 5.05. The molecule has 2 saturated heterocycles. The SMILES string of the molecule is FC(F)(F)c1ccc(N2CCN(Cc3nnc(C4CCOC4)o3)CC2)cc1. The topological polar surface area (TPSA) is 54.6 Å². The molecule has 2 fully saturated rings. The van der Waals surface area contributed by atoms with Gasteiger partial charge in [-0.2, -0.15) is 13.2 Å². The van der Waals surface area contributed by atoms with Gasteiger partial charge < -0.3 is 14.1 Å². The van der Waals surface area contributed by atoms with E-state index in [0.29, 0.717) is 24.9 Å². The Bertz CT molecular complexity index is 749. The normalized spacial score (nSPS) is 21.7. The third-order valence-corrected chi connectivity index (χ3v) is 5.05. The first-order valence-corrected chi connectivity index (χ1v) is 9.03. The fourth-order valence-electron chi connectivity index (χ4n) is 3.44. The monoisotopic (exact) mass is 382 g/mol. The fourth-order valence-corrected chi connectivity index (χ4v) is 3.44. The van der Waals surface area contributed by atoms with Gasteiger partial charge >= 0.3 is 6.18 Å². The van der Waals surface area contributed by atoms with Crippen LogP contribution in [0.25, 0.3) is 0 Å². The first-order chi connectivity index (χ1) is 13.0. The zero-order valence-corrected chi connectivity index (χ0v) is 14.8. The molecule has 0 spiro atoms. The predicted octanol–water partition coefficient (Wildman–Crippen LogP) is 2.91. The lowest BCUT2D eigenvalue weighted by molar-refractivity contribution is -0.137. The largest absolute Gasteiger partial charge is 0.423 e.